The summed E-state index contributed by atoms with van der Waals surface area (Å²) in [6, 6.07) is 2.19. The average Bonchev–Trinajstić information content (AvgIpc) is 2.16. The van der Waals surface area contributed by atoms with Crippen molar-refractivity contribution in [2.45, 2.75) is 33.6 Å². The van der Waals surface area contributed by atoms with Gasteiger partial charge in [-0.2, -0.15) is 5.26 Å². The summed E-state index contributed by atoms with van der Waals surface area (Å²) >= 11 is 0. The Labute approximate surface area is 85.1 Å². The van der Waals surface area contributed by atoms with Crippen LogP contribution in [0.3, 0.4) is 0 Å². The van der Waals surface area contributed by atoms with Crippen LogP contribution in [0.4, 0.5) is 0 Å². The van der Waals surface area contributed by atoms with Crippen LogP contribution in [0, 0.1) is 22.2 Å². The van der Waals surface area contributed by atoms with E-state index in [0.29, 0.717) is 26.1 Å². The van der Waals surface area contributed by atoms with E-state index in [1.807, 2.05) is 20.8 Å². The Morgan fingerprint density at radius 3 is 2.21 bits per heavy atom. The molecule has 0 spiro atoms. The van der Waals surface area contributed by atoms with Gasteiger partial charge in [0, 0.05) is 18.6 Å². The molecular formula is C11H17NO2. The minimum atomic E-state index is -0.795. The van der Waals surface area contributed by atoms with Gasteiger partial charge in [-0.3, -0.25) is 4.79 Å². The summed E-state index contributed by atoms with van der Waals surface area (Å²) in [4.78, 5) is 12.1. The summed E-state index contributed by atoms with van der Waals surface area (Å²) in [6.07, 6.45) is 1.08. The maximum absolute atomic E-state index is 12.1. The molecule has 1 aliphatic heterocycles. The minimum Gasteiger partial charge on any atom is -0.381 e. The van der Waals surface area contributed by atoms with E-state index in [4.69, 9.17) is 10.00 Å². The first kappa shape index (κ1) is 11.2. The van der Waals surface area contributed by atoms with Crippen molar-refractivity contribution >= 4 is 5.78 Å². The molecule has 3 nitrogen and oxygen atoms in total. The lowest BCUT2D eigenvalue weighted by Crippen LogP contribution is -2.42. The fourth-order valence-electron chi connectivity index (χ4n) is 1.83. The molecule has 3 heteroatoms. The number of nitrogens with zero attached hydrogens (tertiary/aromatic N) is 1. The zero-order chi connectivity index (χ0) is 10.8. The lowest BCUT2D eigenvalue weighted by Gasteiger charge is -2.34. The van der Waals surface area contributed by atoms with E-state index in [9.17, 15) is 4.79 Å². The summed E-state index contributed by atoms with van der Waals surface area (Å²) < 4.78 is 5.19. The molecule has 0 amide bonds. The lowest BCUT2D eigenvalue weighted by atomic mass is 9.69. The topological polar surface area (TPSA) is 50.1 Å². The third-order valence-electron chi connectivity index (χ3n) is 2.68. The molecule has 1 aliphatic rings. The zero-order valence-corrected chi connectivity index (χ0v) is 9.09. The van der Waals surface area contributed by atoms with Gasteiger partial charge in [-0.05, 0) is 12.8 Å². The highest BCUT2D eigenvalue weighted by Crippen LogP contribution is 2.37. The van der Waals surface area contributed by atoms with Crippen molar-refractivity contribution in [3.63, 3.8) is 0 Å². The van der Waals surface area contributed by atoms with Crippen LogP contribution in [0.25, 0.3) is 0 Å². The Morgan fingerprint density at radius 1 is 1.36 bits per heavy atom. The quantitative estimate of drug-likeness (QED) is 0.642. The first-order valence-corrected chi connectivity index (χ1v) is 4.96. The molecule has 1 fully saturated rings. The van der Waals surface area contributed by atoms with Crippen molar-refractivity contribution in [1.82, 2.24) is 0 Å². The van der Waals surface area contributed by atoms with Gasteiger partial charge in [0.15, 0.2) is 5.78 Å². The summed E-state index contributed by atoms with van der Waals surface area (Å²) in [5.41, 5.74) is -1.23. The van der Waals surface area contributed by atoms with Crippen LogP contribution < -0.4 is 0 Å². The second-order valence-electron chi connectivity index (χ2n) is 4.89. The third kappa shape index (κ3) is 1.96. The highest BCUT2D eigenvalue weighted by atomic mass is 16.5. The summed E-state index contributed by atoms with van der Waals surface area (Å²) in [5.74, 6) is 0.0517. The molecule has 0 unspecified atom stereocenters. The highest BCUT2D eigenvalue weighted by Gasteiger charge is 2.44. The largest absolute Gasteiger partial charge is 0.381 e. The highest BCUT2D eigenvalue weighted by molar-refractivity contribution is 5.91. The molecule has 0 saturated carbocycles. The maximum atomic E-state index is 12.1. The van der Waals surface area contributed by atoms with Gasteiger partial charge in [0.1, 0.15) is 5.41 Å². The first-order valence-electron chi connectivity index (χ1n) is 4.96. The number of ketones is 1. The molecule has 0 N–H and O–H groups in total. The molecule has 0 aromatic carbocycles. The van der Waals surface area contributed by atoms with Crippen molar-refractivity contribution in [1.29, 1.82) is 5.26 Å². The minimum absolute atomic E-state index is 0.0517. The summed E-state index contributed by atoms with van der Waals surface area (Å²) in [5, 5.41) is 9.15. The fraction of sp³-hybridized carbons (Fsp3) is 0.818. The van der Waals surface area contributed by atoms with Gasteiger partial charge >= 0.3 is 0 Å². The van der Waals surface area contributed by atoms with E-state index in [-0.39, 0.29) is 5.78 Å². The molecule has 0 atom stereocenters. The average molecular weight is 195 g/mol. The monoisotopic (exact) mass is 195 g/mol. The number of rotatable bonds is 1. The molecule has 1 heterocycles. The van der Waals surface area contributed by atoms with Crippen LogP contribution in [-0.4, -0.2) is 19.0 Å². The lowest BCUT2D eigenvalue weighted by molar-refractivity contribution is -0.138. The smallest absolute Gasteiger partial charge is 0.158 e. The van der Waals surface area contributed by atoms with Gasteiger partial charge in [0.05, 0.1) is 6.07 Å². The summed E-state index contributed by atoms with van der Waals surface area (Å²) in [6.45, 7) is 6.64. The fourth-order valence-corrected chi connectivity index (χ4v) is 1.83. The SMILES string of the molecule is CC(C)(C)C(=O)C1(C#N)CCOCC1. The number of hydrogen-bond acceptors (Lipinski definition) is 3. The van der Waals surface area contributed by atoms with Crippen molar-refractivity contribution in [3.05, 3.63) is 0 Å². The van der Waals surface area contributed by atoms with Crippen molar-refractivity contribution in [2.24, 2.45) is 10.8 Å². The van der Waals surface area contributed by atoms with E-state index in [1.165, 1.54) is 0 Å². The number of carbonyl (C=O) groups is 1. The van der Waals surface area contributed by atoms with Crippen LogP contribution in [-0.2, 0) is 9.53 Å². The van der Waals surface area contributed by atoms with E-state index in [0.717, 1.165) is 0 Å². The van der Waals surface area contributed by atoms with E-state index < -0.39 is 10.8 Å². The van der Waals surface area contributed by atoms with Crippen LogP contribution in [0.1, 0.15) is 33.6 Å². The second-order valence-corrected chi connectivity index (χ2v) is 4.89. The third-order valence-corrected chi connectivity index (χ3v) is 2.68. The molecule has 0 radical (unpaired) electrons. The van der Waals surface area contributed by atoms with Gasteiger partial charge in [0.25, 0.3) is 0 Å². The number of hydrogen-bond donors (Lipinski definition) is 0. The molecule has 78 valence electrons. The Bertz CT molecular complexity index is 264. The Morgan fingerprint density at radius 2 is 1.86 bits per heavy atom. The number of carbonyl (C=O) groups excluding carboxylic acids is 1. The van der Waals surface area contributed by atoms with Crippen molar-refractivity contribution in [3.8, 4) is 6.07 Å². The molecule has 1 rings (SSSR count). The predicted molar refractivity (Wildman–Crippen MR) is 52.6 cm³/mol. The van der Waals surface area contributed by atoms with Crippen molar-refractivity contribution < 1.29 is 9.53 Å². The normalized spacial score (nSPS) is 21.3. The molecule has 0 aromatic heterocycles. The van der Waals surface area contributed by atoms with Gasteiger partial charge in [-0.1, -0.05) is 20.8 Å². The van der Waals surface area contributed by atoms with Gasteiger partial charge < -0.3 is 4.74 Å². The maximum Gasteiger partial charge on any atom is 0.158 e. The van der Waals surface area contributed by atoms with Crippen LogP contribution in [0.2, 0.25) is 0 Å². The standard InChI is InChI=1S/C11H17NO2/c1-10(2,3)9(13)11(8-12)4-6-14-7-5-11/h4-7H2,1-3H3. The van der Waals surface area contributed by atoms with Crippen LogP contribution in [0.5, 0.6) is 0 Å². The van der Waals surface area contributed by atoms with Gasteiger partial charge in [-0.25, -0.2) is 0 Å². The Hall–Kier alpha value is -0.880. The van der Waals surface area contributed by atoms with Crippen molar-refractivity contribution in [2.75, 3.05) is 13.2 Å². The predicted octanol–water partition coefficient (Wildman–Crippen LogP) is 1.92. The Kier molecular flexibility index (Phi) is 2.96. The first-order chi connectivity index (χ1) is 6.42. The van der Waals surface area contributed by atoms with E-state index in [2.05, 4.69) is 6.07 Å². The molecule has 1 saturated heterocycles. The molecular weight excluding hydrogens is 178 g/mol. The number of Topliss-reactive ketones (excluding diaryl/α,β-unsaturated/α-hetero) is 1. The zero-order valence-electron chi connectivity index (χ0n) is 9.09. The second kappa shape index (κ2) is 3.70. The van der Waals surface area contributed by atoms with Crippen LogP contribution >= 0.6 is 0 Å². The van der Waals surface area contributed by atoms with Gasteiger partial charge in [0.2, 0.25) is 0 Å². The van der Waals surface area contributed by atoms with E-state index in [1.54, 1.807) is 0 Å². The molecule has 0 aliphatic carbocycles. The molecule has 14 heavy (non-hydrogen) atoms. The summed E-state index contributed by atoms with van der Waals surface area (Å²) in [7, 11) is 0. The Balaban J connectivity index is 2.90. The van der Waals surface area contributed by atoms with E-state index >= 15 is 0 Å². The molecule has 0 bridgehead atoms. The molecule has 0 aromatic rings. The number of ether oxygens (including phenoxy) is 1. The number of nitriles is 1. The van der Waals surface area contributed by atoms with Crippen LogP contribution in [0.15, 0.2) is 0 Å². The van der Waals surface area contributed by atoms with Gasteiger partial charge in [-0.15, -0.1) is 0 Å².